The Hall–Kier alpha value is -1.47. The number of amides is 2. The molecule has 5 nitrogen and oxygen atoms in total. The standard InChI is InChI=1S/C23H27Cl3N2O3S/c1-10-17(24)11(2)19(26)20(18(10)25)31-9-15(29)28-22-16(21(27)30)13-7-6-12(23(3,4)5)8-14(13)32-22/h12H,6-9H2,1-5H3,(H2,27,30)(H,28,29)/t12-/m1/s1. The third-order valence-corrected chi connectivity index (χ3v) is 8.70. The van der Waals surface area contributed by atoms with Crippen molar-refractivity contribution in [2.45, 2.75) is 53.9 Å². The predicted molar refractivity (Wildman–Crippen MR) is 133 cm³/mol. The van der Waals surface area contributed by atoms with Crippen molar-refractivity contribution in [3.63, 3.8) is 0 Å². The number of carbonyl (C=O) groups is 2. The van der Waals surface area contributed by atoms with Crippen LogP contribution in [-0.2, 0) is 17.6 Å². The van der Waals surface area contributed by atoms with Crippen molar-refractivity contribution < 1.29 is 14.3 Å². The van der Waals surface area contributed by atoms with Crippen LogP contribution in [0.25, 0.3) is 0 Å². The van der Waals surface area contributed by atoms with E-state index in [0.717, 1.165) is 29.7 Å². The fourth-order valence-corrected chi connectivity index (χ4v) is 6.18. The van der Waals surface area contributed by atoms with Gasteiger partial charge in [-0.3, -0.25) is 9.59 Å². The average Bonchev–Trinajstić information content (AvgIpc) is 3.07. The van der Waals surface area contributed by atoms with Crippen LogP contribution in [0.2, 0.25) is 15.1 Å². The number of fused-ring (bicyclic) bond motifs is 1. The van der Waals surface area contributed by atoms with Gasteiger partial charge < -0.3 is 15.8 Å². The molecule has 0 fully saturated rings. The molecule has 0 radical (unpaired) electrons. The van der Waals surface area contributed by atoms with Gasteiger partial charge in [-0.05, 0) is 61.1 Å². The molecule has 174 valence electrons. The van der Waals surface area contributed by atoms with Gasteiger partial charge in [0.1, 0.15) is 5.00 Å². The molecule has 2 aromatic rings. The monoisotopic (exact) mass is 516 g/mol. The van der Waals surface area contributed by atoms with Crippen LogP contribution in [0.1, 0.15) is 59.1 Å². The molecule has 3 rings (SSSR count). The van der Waals surface area contributed by atoms with E-state index in [1.54, 1.807) is 13.8 Å². The van der Waals surface area contributed by atoms with Crippen LogP contribution in [0.5, 0.6) is 5.75 Å². The number of hydrogen-bond acceptors (Lipinski definition) is 4. The molecule has 0 aliphatic heterocycles. The van der Waals surface area contributed by atoms with Crippen LogP contribution in [0.4, 0.5) is 5.00 Å². The highest BCUT2D eigenvalue weighted by Crippen LogP contribution is 2.45. The molecule has 0 saturated heterocycles. The summed E-state index contributed by atoms with van der Waals surface area (Å²) in [7, 11) is 0. The highest BCUT2D eigenvalue weighted by Gasteiger charge is 2.33. The minimum Gasteiger partial charge on any atom is -0.481 e. The number of carbonyl (C=O) groups excluding carboxylic acids is 2. The highest BCUT2D eigenvalue weighted by molar-refractivity contribution is 7.17. The molecule has 0 bridgehead atoms. The minimum absolute atomic E-state index is 0.166. The SMILES string of the molecule is Cc1c(Cl)c(C)c(Cl)c(OCC(=O)Nc2sc3c(c2C(N)=O)CC[C@@H](C(C)(C)C)C3)c1Cl. The summed E-state index contributed by atoms with van der Waals surface area (Å²) in [5.74, 6) is -0.266. The van der Waals surface area contributed by atoms with Crippen LogP contribution >= 0.6 is 46.1 Å². The van der Waals surface area contributed by atoms with Crippen LogP contribution in [-0.4, -0.2) is 18.4 Å². The lowest BCUT2D eigenvalue weighted by Gasteiger charge is -2.33. The van der Waals surface area contributed by atoms with Crippen molar-refractivity contribution in [2.24, 2.45) is 17.1 Å². The van der Waals surface area contributed by atoms with Gasteiger partial charge in [0.15, 0.2) is 12.4 Å². The molecule has 0 spiro atoms. The summed E-state index contributed by atoms with van der Waals surface area (Å²) in [6, 6.07) is 0. The van der Waals surface area contributed by atoms with Crippen molar-refractivity contribution in [3.05, 3.63) is 42.2 Å². The van der Waals surface area contributed by atoms with Crippen LogP contribution in [0, 0.1) is 25.2 Å². The molecular formula is C23H27Cl3N2O3S. The Bertz CT molecular complexity index is 1060. The Morgan fingerprint density at radius 2 is 1.72 bits per heavy atom. The Morgan fingerprint density at radius 1 is 1.12 bits per heavy atom. The largest absolute Gasteiger partial charge is 0.481 e. The van der Waals surface area contributed by atoms with Gasteiger partial charge in [0.05, 0.1) is 15.6 Å². The van der Waals surface area contributed by atoms with E-state index in [4.69, 9.17) is 45.3 Å². The molecule has 3 N–H and O–H groups in total. The number of rotatable bonds is 5. The Morgan fingerprint density at radius 3 is 2.25 bits per heavy atom. The second-order valence-electron chi connectivity index (χ2n) is 9.24. The number of nitrogens with two attached hydrogens (primary N) is 1. The maximum atomic E-state index is 12.7. The zero-order valence-corrected chi connectivity index (χ0v) is 21.8. The van der Waals surface area contributed by atoms with Gasteiger partial charge in [-0.15, -0.1) is 11.3 Å². The molecule has 1 aliphatic carbocycles. The third-order valence-electron chi connectivity index (χ3n) is 6.05. The molecule has 1 aliphatic rings. The first-order valence-corrected chi connectivity index (χ1v) is 12.3. The molecule has 0 saturated carbocycles. The number of halogens is 3. The van der Waals surface area contributed by atoms with Crippen molar-refractivity contribution in [1.82, 2.24) is 0 Å². The van der Waals surface area contributed by atoms with Crippen molar-refractivity contribution in [1.29, 1.82) is 0 Å². The maximum absolute atomic E-state index is 12.7. The van der Waals surface area contributed by atoms with Gasteiger partial charge >= 0.3 is 0 Å². The summed E-state index contributed by atoms with van der Waals surface area (Å²) in [4.78, 5) is 26.0. The smallest absolute Gasteiger partial charge is 0.262 e. The first kappa shape index (κ1) is 25.2. The van der Waals surface area contributed by atoms with E-state index in [2.05, 4.69) is 26.1 Å². The number of hydrogen-bond donors (Lipinski definition) is 2. The molecular weight excluding hydrogens is 491 g/mol. The first-order chi connectivity index (χ1) is 14.8. The summed E-state index contributed by atoms with van der Waals surface area (Å²) >= 11 is 20.3. The first-order valence-electron chi connectivity index (χ1n) is 10.3. The van der Waals surface area contributed by atoms with E-state index in [0.29, 0.717) is 32.6 Å². The van der Waals surface area contributed by atoms with Gasteiger partial charge in [-0.25, -0.2) is 0 Å². The van der Waals surface area contributed by atoms with Crippen molar-refractivity contribution in [2.75, 3.05) is 11.9 Å². The zero-order valence-electron chi connectivity index (χ0n) is 18.8. The summed E-state index contributed by atoms with van der Waals surface area (Å²) < 4.78 is 5.64. The summed E-state index contributed by atoms with van der Waals surface area (Å²) in [6.45, 7) is 9.85. The molecule has 32 heavy (non-hydrogen) atoms. The lowest BCUT2D eigenvalue weighted by atomic mass is 9.72. The second kappa shape index (κ2) is 9.41. The predicted octanol–water partition coefficient (Wildman–Crippen LogP) is 6.59. The van der Waals surface area contributed by atoms with E-state index >= 15 is 0 Å². The lowest BCUT2D eigenvalue weighted by molar-refractivity contribution is -0.118. The molecule has 2 amide bonds. The summed E-state index contributed by atoms with van der Waals surface area (Å²) in [6.07, 6.45) is 2.62. The topological polar surface area (TPSA) is 81.4 Å². The Kier molecular flexibility index (Phi) is 7.40. The highest BCUT2D eigenvalue weighted by atomic mass is 35.5. The summed E-state index contributed by atoms with van der Waals surface area (Å²) in [5.41, 5.74) is 8.44. The number of anilines is 1. The van der Waals surface area contributed by atoms with Gasteiger partial charge in [0.2, 0.25) is 0 Å². The van der Waals surface area contributed by atoms with Gasteiger partial charge in [0, 0.05) is 9.90 Å². The Balaban J connectivity index is 1.80. The molecule has 0 unspecified atom stereocenters. The fraction of sp³-hybridized carbons (Fsp3) is 0.478. The van der Waals surface area contributed by atoms with E-state index in [-0.39, 0.29) is 27.8 Å². The van der Waals surface area contributed by atoms with E-state index in [1.807, 2.05) is 0 Å². The summed E-state index contributed by atoms with van der Waals surface area (Å²) in [5, 5.41) is 4.24. The maximum Gasteiger partial charge on any atom is 0.262 e. The number of benzene rings is 1. The molecule has 1 atom stereocenters. The number of ether oxygens (including phenoxy) is 1. The number of thiophene rings is 1. The van der Waals surface area contributed by atoms with Gasteiger partial charge in [0.25, 0.3) is 11.8 Å². The number of primary amides is 1. The Labute approximate surface area is 207 Å². The molecule has 1 aromatic carbocycles. The fourth-order valence-electron chi connectivity index (χ4n) is 4.01. The normalized spacial score (nSPS) is 15.9. The lowest BCUT2D eigenvalue weighted by Crippen LogP contribution is -2.27. The van der Waals surface area contributed by atoms with Crippen LogP contribution in [0.15, 0.2) is 0 Å². The van der Waals surface area contributed by atoms with E-state index in [1.165, 1.54) is 11.3 Å². The van der Waals surface area contributed by atoms with Crippen molar-refractivity contribution in [3.8, 4) is 5.75 Å². The quantitative estimate of drug-likeness (QED) is 0.469. The van der Waals surface area contributed by atoms with Gasteiger partial charge in [-0.1, -0.05) is 55.6 Å². The van der Waals surface area contributed by atoms with E-state index in [9.17, 15) is 9.59 Å². The van der Waals surface area contributed by atoms with Crippen LogP contribution in [0.3, 0.4) is 0 Å². The van der Waals surface area contributed by atoms with Crippen LogP contribution < -0.4 is 15.8 Å². The van der Waals surface area contributed by atoms with Gasteiger partial charge in [-0.2, -0.15) is 0 Å². The average molecular weight is 518 g/mol. The molecule has 1 aromatic heterocycles. The zero-order chi connectivity index (χ0) is 24.0. The minimum atomic E-state index is -0.539. The third kappa shape index (κ3) is 4.89. The molecule has 9 heteroatoms. The second-order valence-corrected chi connectivity index (χ2v) is 11.5. The molecule has 1 heterocycles. The van der Waals surface area contributed by atoms with Crippen molar-refractivity contribution >= 4 is 63.0 Å². The van der Waals surface area contributed by atoms with E-state index < -0.39 is 11.8 Å². The number of nitrogens with one attached hydrogen (secondary N) is 1.